The van der Waals surface area contributed by atoms with E-state index in [1.54, 1.807) is 61.5 Å². The molecule has 220 valence electrons. The van der Waals surface area contributed by atoms with Gasteiger partial charge in [0.25, 0.3) is 0 Å². The van der Waals surface area contributed by atoms with Crippen molar-refractivity contribution in [3.63, 3.8) is 0 Å². The van der Waals surface area contributed by atoms with E-state index in [0.717, 1.165) is 0 Å². The van der Waals surface area contributed by atoms with Gasteiger partial charge in [0.2, 0.25) is 22.7 Å². The lowest BCUT2D eigenvalue weighted by molar-refractivity contribution is -0.115. The summed E-state index contributed by atoms with van der Waals surface area (Å²) in [7, 11) is 0.253. The van der Waals surface area contributed by atoms with Crippen molar-refractivity contribution in [2.45, 2.75) is 12.8 Å². The molecule has 3 aromatic rings. The molecule has 1 atom stereocenters. The fourth-order valence-corrected chi connectivity index (χ4v) is 5.75. The first-order chi connectivity index (χ1) is 20.0. The molecule has 0 bridgehead atoms. The molecule has 1 amide bonds. The molecule has 0 spiro atoms. The van der Waals surface area contributed by atoms with Crippen molar-refractivity contribution >= 4 is 44.7 Å². The topological polar surface area (TPSA) is 127 Å². The molecule has 0 saturated heterocycles. The van der Waals surface area contributed by atoms with Crippen molar-refractivity contribution < 1.29 is 32.2 Å². The number of esters is 1. The van der Waals surface area contributed by atoms with Gasteiger partial charge in [-0.3, -0.25) is 14.1 Å². The Kier molecular flexibility index (Phi) is 8.19. The molecule has 0 aliphatic carbocycles. The standard InChI is InChI=1S/C30H32N4O7S/c1-5-39-30(36)20-6-12-23-24(16-20)32-29(35)27(23)28(19-7-13-25-26(17-19)41-18-40-25)31-21-8-10-22(11-9-21)34(42(4,37)38)15-14-33(2)3/h6-13,16-17,27H,5,14-15,18H2,1-4H3,(H,32,35). The quantitative estimate of drug-likeness (QED) is 0.279. The number of benzene rings is 3. The maximum Gasteiger partial charge on any atom is 0.338 e. The predicted octanol–water partition coefficient (Wildman–Crippen LogP) is 3.78. The summed E-state index contributed by atoms with van der Waals surface area (Å²) >= 11 is 0. The zero-order chi connectivity index (χ0) is 30.0. The van der Waals surface area contributed by atoms with Crippen LogP contribution in [0.25, 0.3) is 0 Å². The van der Waals surface area contributed by atoms with Gasteiger partial charge in [-0.15, -0.1) is 0 Å². The van der Waals surface area contributed by atoms with Crippen LogP contribution in [0, 0.1) is 0 Å². The molecular weight excluding hydrogens is 560 g/mol. The van der Waals surface area contributed by atoms with Crippen LogP contribution in [0.4, 0.5) is 17.1 Å². The Morgan fingerprint density at radius 1 is 1.00 bits per heavy atom. The molecule has 2 aliphatic rings. The van der Waals surface area contributed by atoms with Crippen LogP contribution in [-0.2, 0) is 19.6 Å². The SMILES string of the molecule is CCOC(=O)c1ccc2c(c1)NC(=O)C2C(=Nc1ccc(N(CCN(C)C)S(C)(=O)=O)cc1)c1ccc2c(c1)OCO2. The number of carbonyl (C=O) groups is 2. The Morgan fingerprint density at radius 2 is 1.71 bits per heavy atom. The summed E-state index contributed by atoms with van der Waals surface area (Å²) in [5.74, 6) is -0.431. The van der Waals surface area contributed by atoms with E-state index in [2.05, 4.69) is 5.32 Å². The monoisotopic (exact) mass is 592 g/mol. The van der Waals surface area contributed by atoms with E-state index in [0.29, 0.717) is 64.1 Å². The van der Waals surface area contributed by atoms with Crippen LogP contribution in [-0.4, -0.2) is 77.7 Å². The van der Waals surface area contributed by atoms with E-state index in [1.807, 2.05) is 25.1 Å². The van der Waals surface area contributed by atoms with Crippen LogP contribution < -0.4 is 19.1 Å². The molecule has 0 saturated carbocycles. The number of fused-ring (bicyclic) bond motifs is 2. The fourth-order valence-electron chi connectivity index (χ4n) is 4.84. The molecule has 1 N–H and O–H groups in total. The molecule has 1 unspecified atom stereocenters. The average Bonchev–Trinajstić information content (AvgIpc) is 3.54. The Balaban J connectivity index is 1.55. The van der Waals surface area contributed by atoms with Crippen molar-refractivity contribution in [2.75, 3.05) is 56.5 Å². The number of amides is 1. The molecule has 5 rings (SSSR count). The highest BCUT2D eigenvalue weighted by Crippen LogP contribution is 2.40. The third kappa shape index (κ3) is 6.09. The summed E-state index contributed by atoms with van der Waals surface area (Å²) in [4.78, 5) is 32.5. The maximum absolute atomic E-state index is 13.4. The number of ether oxygens (including phenoxy) is 3. The lowest BCUT2D eigenvalue weighted by atomic mass is 9.90. The number of rotatable bonds is 10. The van der Waals surface area contributed by atoms with Crippen LogP contribution in [0.3, 0.4) is 0 Å². The van der Waals surface area contributed by atoms with Gasteiger partial charge in [0.15, 0.2) is 11.5 Å². The Labute approximate surface area is 244 Å². The van der Waals surface area contributed by atoms with Gasteiger partial charge < -0.3 is 24.4 Å². The van der Waals surface area contributed by atoms with Gasteiger partial charge >= 0.3 is 5.97 Å². The Bertz CT molecular complexity index is 1650. The summed E-state index contributed by atoms with van der Waals surface area (Å²) < 4.78 is 42.5. The maximum atomic E-state index is 13.4. The van der Waals surface area contributed by atoms with Gasteiger partial charge in [-0.25, -0.2) is 13.2 Å². The number of sulfonamides is 1. The molecule has 12 heteroatoms. The van der Waals surface area contributed by atoms with Crippen LogP contribution in [0.15, 0.2) is 65.7 Å². The van der Waals surface area contributed by atoms with Crippen molar-refractivity contribution in [2.24, 2.45) is 4.99 Å². The van der Waals surface area contributed by atoms with E-state index in [4.69, 9.17) is 19.2 Å². The van der Waals surface area contributed by atoms with E-state index < -0.39 is 21.9 Å². The first-order valence-corrected chi connectivity index (χ1v) is 15.2. The van der Waals surface area contributed by atoms with Crippen LogP contribution in [0.1, 0.15) is 34.3 Å². The zero-order valence-electron chi connectivity index (χ0n) is 23.8. The minimum Gasteiger partial charge on any atom is -0.462 e. The number of anilines is 2. The third-order valence-corrected chi connectivity index (χ3v) is 8.07. The van der Waals surface area contributed by atoms with Gasteiger partial charge in [0.05, 0.1) is 35.5 Å². The van der Waals surface area contributed by atoms with Crippen molar-refractivity contribution in [1.82, 2.24) is 4.90 Å². The number of hydrogen-bond donors (Lipinski definition) is 1. The van der Waals surface area contributed by atoms with Crippen LogP contribution in [0.2, 0.25) is 0 Å². The lowest BCUT2D eigenvalue weighted by Gasteiger charge is -2.24. The predicted molar refractivity (Wildman–Crippen MR) is 160 cm³/mol. The Morgan fingerprint density at radius 3 is 2.40 bits per heavy atom. The van der Waals surface area contributed by atoms with Gasteiger partial charge in [-0.1, -0.05) is 6.07 Å². The van der Waals surface area contributed by atoms with Gasteiger partial charge in [0.1, 0.15) is 5.92 Å². The smallest absolute Gasteiger partial charge is 0.338 e. The minimum atomic E-state index is -3.51. The number of carbonyl (C=O) groups excluding carboxylic acids is 2. The lowest BCUT2D eigenvalue weighted by Crippen LogP contribution is -2.35. The van der Waals surface area contributed by atoms with Gasteiger partial charge in [-0.2, -0.15) is 0 Å². The minimum absolute atomic E-state index is 0.0980. The molecule has 11 nitrogen and oxygen atoms in total. The van der Waals surface area contributed by atoms with Crippen molar-refractivity contribution in [3.8, 4) is 11.5 Å². The van der Waals surface area contributed by atoms with Crippen molar-refractivity contribution in [1.29, 1.82) is 0 Å². The third-order valence-electron chi connectivity index (χ3n) is 6.88. The van der Waals surface area contributed by atoms with Gasteiger partial charge in [-0.05, 0) is 81.2 Å². The number of aliphatic imine (C=N–C) groups is 1. The number of nitrogens with zero attached hydrogens (tertiary/aromatic N) is 3. The fraction of sp³-hybridized carbons (Fsp3) is 0.300. The first-order valence-electron chi connectivity index (χ1n) is 13.4. The van der Waals surface area contributed by atoms with Crippen LogP contribution >= 0.6 is 0 Å². The zero-order valence-corrected chi connectivity index (χ0v) is 24.6. The molecule has 0 aromatic heterocycles. The molecule has 42 heavy (non-hydrogen) atoms. The second kappa shape index (κ2) is 11.8. The molecule has 2 aliphatic heterocycles. The summed E-state index contributed by atoms with van der Waals surface area (Å²) in [5, 5.41) is 2.88. The van der Waals surface area contributed by atoms with E-state index in [9.17, 15) is 18.0 Å². The second-order valence-electron chi connectivity index (χ2n) is 10.2. The van der Waals surface area contributed by atoms with E-state index in [-0.39, 0.29) is 19.3 Å². The average molecular weight is 593 g/mol. The summed E-state index contributed by atoms with van der Waals surface area (Å²) in [6.07, 6.45) is 1.18. The summed E-state index contributed by atoms with van der Waals surface area (Å²) in [6, 6.07) is 17.1. The summed E-state index contributed by atoms with van der Waals surface area (Å²) in [6.45, 7) is 2.91. The van der Waals surface area contributed by atoms with Crippen molar-refractivity contribution in [3.05, 3.63) is 77.4 Å². The molecule has 0 fully saturated rings. The highest BCUT2D eigenvalue weighted by molar-refractivity contribution is 7.92. The highest BCUT2D eigenvalue weighted by atomic mass is 32.2. The molecular formula is C30H32N4O7S. The molecule has 2 heterocycles. The first kappa shape index (κ1) is 29.1. The number of nitrogens with one attached hydrogen (secondary N) is 1. The molecule has 0 radical (unpaired) electrons. The van der Waals surface area contributed by atoms with Gasteiger partial charge in [0, 0.05) is 24.3 Å². The van der Waals surface area contributed by atoms with Crippen LogP contribution in [0.5, 0.6) is 11.5 Å². The second-order valence-corrected chi connectivity index (χ2v) is 12.1. The largest absolute Gasteiger partial charge is 0.462 e. The Hall–Kier alpha value is -4.42. The van der Waals surface area contributed by atoms with E-state index in [1.165, 1.54) is 10.6 Å². The highest BCUT2D eigenvalue weighted by Gasteiger charge is 2.36. The van der Waals surface area contributed by atoms with E-state index >= 15 is 0 Å². The number of hydrogen-bond acceptors (Lipinski definition) is 9. The summed E-state index contributed by atoms with van der Waals surface area (Å²) in [5.41, 5.74) is 3.63. The normalized spacial score (nSPS) is 15.9. The molecule has 3 aromatic carbocycles. The number of likely N-dealkylation sites (N-methyl/N-ethyl adjacent to an activating group) is 1.